The Hall–Kier alpha value is -1.87. The zero-order valence-electron chi connectivity index (χ0n) is 9.18. The van der Waals surface area contributed by atoms with Crippen molar-refractivity contribution >= 4 is 0 Å². The highest BCUT2D eigenvalue weighted by Crippen LogP contribution is 2.25. The molecule has 82 valence electrons. The molecule has 1 aromatic carbocycles. The van der Waals surface area contributed by atoms with Gasteiger partial charge in [0.15, 0.2) is 0 Å². The normalized spacial score (nSPS) is 10.1. The molecule has 0 atom stereocenters. The predicted octanol–water partition coefficient (Wildman–Crippen LogP) is 2.22. The summed E-state index contributed by atoms with van der Waals surface area (Å²) < 4.78 is 5.20. The third kappa shape index (κ3) is 2.04. The van der Waals surface area contributed by atoms with E-state index in [1.165, 1.54) is 0 Å². The number of nitrogens with zero attached hydrogens (tertiary/aromatic N) is 1. The second kappa shape index (κ2) is 4.77. The number of aromatic nitrogens is 1. The van der Waals surface area contributed by atoms with E-state index >= 15 is 0 Å². The Kier molecular flexibility index (Phi) is 3.17. The molecule has 3 heteroatoms. The maximum absolute atomic E-state index is 5.66. The lowest BCUT2D eigenvalue weighted by atomic mass is 10.0. The lowest BCUT2D eigenvalue weighted by Gasteiger charge is -2.08. The van der Waals surface area contributed by atoms with Crippen LogP contribution >= 0.6 is 0 Å². The highest BCUT2D eigenvalue weighted by molar-refractivity contribution is 5.67. The van der Waals surface area contributed by atoms with E-state index in [1.807, 2.05) is 36.4 Å². The number of methoxy groups -OCH3 is 1. The van der Waals surface area contributed by atoms with Crippen molar-refractivity contribution in [1.29, 1.82) is 0 Å². The summed E-state index contributed by atoms with van der Waals surface area (Å²) in [6, 6.07) is 11.8. The van der Waals surface area contributed by atoms with Gasteiger partial charge in [0, 0.05) is 18.3 Å². The van der Waals surface area contributed by atoms with Gasteiger partial charge in [-0.3, -0.25) is 4.98 Å². The van der Waals surface area contributed by atoms with Gasteiger partial charge in [-0.2, -0.15) is 0 Å². The number of pyridine rings is 1. The van der Waals surface area contributed by atoms with Crippen LogP contribution < -0.4 is 10.5 Å². The minimum atomic E-state index is 0.438. The molecule has 0 bridgehead atoms. The Morgan fingerprint density at radius 3 is 2.88 bits per heavy atom. The van der Waals surface area contributed by atoms with Gasteiger partial charge >= 0.3 is 0 Å². The fraction of sp³-hybridized carbons (Fsp3) is 0.154. The molecule has 0 radical (unpaired) electrons. The maximum atomic E-state index is 5.66. The minimum absolute atomic E-state index is 0.438. The Morgan fingerprint density at radius 2 is 2.12 bits per heavy atom. The Labute approximate surface area is 94.9 Å². The van der Waals surface area contributed by atoms with Gasteiger partial charge < -0.3 is 10.5 Å². The van der Waals surface area contributed by atoms with E-state index in [0.717, 1.165) is 22.6 Å². The number of nitrogens with two attached hydrogens (primary N) is 1. The van der Waals surface area contributed by atoms with Gasteiger partial charge in [0.05, 0.1) is 12.8 Å². The van der Waals surface area contributed by atoms with Crippen LogP contribution in [0.3, 0.4) is 0 Å². The number of ether oxygens (including phenoxy) is 1. The van der Waals surface area contributed by atoms with Crippen molar-refractivity contribution in [1.82, 2.24) is 4.98 Å². The molecule has 2 rings (SSSR count). The summed E-state index contributed by atoms with van der Waals surface area (Å²) in [7, 11) is 1.66. The van der Waals surface area contributed by atoms with Crippen molar-refractivity contribution in [3.05, 3.63) is 48.3 Å². The van der Waals surface area contributed by atoms with Gasteiger partial charge in [-0.1, -0.05) is 18.2 Å². The van der Waals surface area contributed by atoms with E-state index in [1.54, 1.807) is 13.3 Å². The first-order valence-electron chi connectivity index (χ1n) is 5.13. The predicted molar refractivity (Wildman–Crippen MR) is 64.1 cm³/mol. The van der Waals surface area contributed by atoms with Crippen LogP contribution in [0.25, 0.3) is 11.1 Å². The van der Waals surface area contributed by atoms with E-state index in [-0.39, 0.29) is 0 Å². The van der Waals surface area contributed by atoms with Gasteiger partial charge in [-0.25, -0.2) is 0 Å². The largest absolute Gasteiger partial charge is 0.497 e. The molecule has 2 aromatic rings. The SMILES string of the molecule is COc1cccc(-c2cccnc2CN)c1. The van der Waals surface area contributed by atoms with Crippen LogP contribution in [0.1, 0.15) is 5.69 Å². The molecular formula is C13H14N2O. The Bertz CT molecular complexity index is 483. The molecule has 2 N–H and O–H groups in total. The van der Waals surface area contributed by atoms with Crippen molar-refractivity contribution in [3.63, 3.8) is 0 Å². The first-order valence-corrected chi connectivity index (χ1v) is 5.13. The quantitative estimate of drug-likeness (QED) is 0.852. The molecule has 0 unspecified atom stereocenters. The summed E-state index contributed by atoms with van der Waals surface area (Å²) in [4.78, 5) is 4.26. The molecular weight excluding hydrogens is 200 g/mol. The summed E-state index contributed by atoms with van der Waals surface area (Å²) in [5.74, 6) is 0.837. The third-order valence-corrected chi connectivity index (χ3v) is 2.46. The van der Waals surface area contributed by atoms with Crippen molar-refractivity contribution in [2.24, 2.45) is 5.73 Å². The highest BCUT2D eigenvalue weighted by Gasteiger charge is 2.04. The van der Waals surface area contributed by atoms with E-state index in [0.29, 0.717) is 6.54 Å². The van der Waals surface area contributed by atoms with Gasteiger partial charge in [-0.15, -0.1) is 0 Å². The number of benzene rings is 1. The summed E-state index contributed by atoms with van der Waals surface area (Å²) >= 11 is 0. The van der Waals surface area contributed by atoms with Crippen LogP contribution in [0.5, 0.6) is 5.75 Å². The monoisotopic (exact) mass is 214 g/mol. The molecule has 0 aliphatic heterocycles. The molecule has 0 aliphatic carbocycles. The molecule has 0 saturated heterocycles. The Balaban J connectivity index is 2.49. The lowest BCUT2D eigenvalue weighted by molar-refractivity contribution is 0.415. The molecule has 0 spiro atoms. The van der Waals surface area contributed by atoms with Gasteiger partial charge in [-0.05, 0) is 23.8 Å². The van der Waals surface area contributed by atoms with Crippen LogP contribution in [-0.4, -0.2) is 12.1 Å². The van der Waals surface area contributed by atoms with Crippen LogP contribution in [0.4, 0.5) is 0 Å². The van der Waals surface area contributed by atoms with Gasteiger partial charge in [0.2, 0.25) is 0 Å². The Morgan fingerprint density at radius 1 is 1.25 bits per heavy atom. The molecule has 0 saturated carbocycles. The number of hydrogen-bond donors (Lipinski definition) is 1. The summed E-state index contributed by atoms with van der Waals surface area (Å²) in [6.45, 7) is 0.438. The summed E-state index contributed by atoms with van der Waals surface area (Å²) in [5, 5.41) is 0. The van der Waals surface area contributed by atoms with Crippen LogP contribution in [0.2, 0.25) is 0 Å². The van der Waals surface area contributed by atoms with Crippen molar-refractivity contribution in [2.75, 3.05) is 7.11 Å². The van der Waals surface area contributed by atoms with E-state index in [9.17, 15) is 0 Å². The van der Waals surface area contributed by atoms with E-state index < -0.39 is 0 Å². The molecule has 0 amide bonds. The number of rotatable bonds is 3. The topological polar surface area (TPSA) is 48.1 Å². The highest BCUT2D eigenvalue weighted by atomic mass is 16.5. The minimum Gasteiger partial charge on any atom is -0.497 e. The number of hydrogen-bond acceptors (Lipinski definition) is 3. The molecule has 1 aromatic heterocycles. The second-order valence-corrected chi connectivity index (χ2v) is 3.43. The molecule has 3 nitrogen and oxygen atoms in total. The van der Waals surface area contributed by atoms with E-state index in [4.69, 9.17) is 10.5 Å². The standard InChI is InChI=1S/C13H14N2O/c1-16-11-5-2-4-10(8-11)12-6-3-7-15-13(12)9-14/h2-8H,9,14H2,1H3. The molecule has 1 heterocycles. The second-order valence-electron chi connectivity index (χ2n) is 3.43. The molecule has 16 heavy (non-hydrogen) atoms. The fourth-order valence-corrected chi connectivity index (χ4v) is 1.65. The smallest absolute Gasteiger partial charge is 0.119 e. The third-order valence-electron chi connectivity index (χ3n) is 2.46. The molecule has 0 fully saturated rings. The van der Waals surface area contributed by atoms with E-state index in [2.05, 4.69) is 4.98 Å². The summed E-state index contributed by atoms with van der Waals surface area (Å²) in [5.41, 5.74) is 8.70. The van der Waals surface area contributed by atoms with Crippen LogP contribution in [-0.2, 0) is 6.54 Å². The average molecular weight is 214 g/mol. The van der Waals surface area contributed by atoms with Gasteiger partial charge in [0.1, 0.15) is 5.75 Å². The lowest BCUT2D eigenvalue weighted by Crippen LogP contribution is -2.01. The van der Waals surface area contributed by atoms with Crippen molar-refractivity contribution in [3.8, 4) is 16.9 Å². The maximum Gasteiger partial charge on any atom is 0.119 e. The van der Waals surface area contributed by atoms with Crippen molar-refractivity contribution < 1.29 is 4.74 Å². The zero-order valence-corrected chi connectivity index (χ0v) is 9.18. The van der Waals surface area contributed by atoms with Gasteiger partial charge in [0.25, 0.3) is 0 Å². The van der Waals surface area contributed by atoms with Crippen LogP contribution in [0, 0.1) is 0 Å². The molecule has 0 aliphatic rings. The zero-order chi connectivity index (χ0) is 11.4. The first-order chi connectivity index (χ1) is 7.85. The fourth-order valence-electron chi connectivity index (χ4n) is 1.65. The average Bonchev–Trinajstić information content (AvgIpc) is 2.38. The van der Waals surface area contributed by atoms with Crippen LogP contribution in [0.15, 0.2) is 42.6 Å². The first kappa shape index (κ1) is 10.6. The summed E-state index contributed by atoms with van der Waals surface area (Å²) in [6.07, 6.45) is 1.76. The van der Waals surface area contributed by atoms with Crippen molar-refractivity contribution in [2.45, 2.75) is 6.54 Å².